The molecule has 0 radical (unpaired) electrons. The van der Waals surface area contributed by atoms with Crippen molar-refractivity contribution >= 4 is 5.91 Å². The molecular weight excluding hydrogens is 198 g/mol. The minimum Gasteiger partial charge on any atom is -0.508 e. The highest BCUT2D eigenvalue weighted by atomic mass is 16.7. The van der Waals surface area contributed by atoms with Crippen molar-refractivity contribution in [2.45, 2.75) is 0 Å². The van der Waals surface area contributed by atoms with Gasteiger partial charge in [-0.15, -0.1) is 0 Å². The van der Waals surface area contributed by atoms with E-state index in [9.17, 15) is 4.79 Å². The molecule has 5 nitrogen and oxygen atoms in total. The van der Waals surface area contributed by atoms with E-state index in [0.29, 0.717) is 18.8 Å². The first-order valence-electron chi connectivity index (χ1n) is 4.44. The number of benzene rings is 1. The zero-order chi connectivity index (χ0) is 11.1. The molecule has 2 N–H and O–H groups in total. The smallest absolute Gasteiger partial charge is 0.274 e. The van der Waals surface area contributed by atoms with Crippen LogP contribution in [-0.4, -0.2) is 31.3 Å². The first kappa shape index (κ1) is 11.5. The quantitative estimate of drug-likeness (QED) is 0.555. The lowest BCUT2D eigenvalue weighted by Crippen LogP contribution is -2.25. The second-order valence-corrected chi connectivity index (χ2v) is 2.82. The van der Waals surface area contributed by atoms with Crippen LogP contribution in [0.25, 0.3) is 0 Å². The molecular formula is C10H13NO4. The summed E-state index contributed by atoms with van der Waals surface area (Å²) in [6.45, 7) is 0.705. The predicted molar refractivity (Wildman–Crippen MR) is 53.4 cm³/mol. The van der Waals surface area contributed by atoms with Crippen LogP contribution in [0.5, 0.6) is 5.75 Å². The average Bonchev–Trinajstić information content (AvgIpc) is 2.25. The van der Waals surface area contributed by atoms with Crippen molar-refractivity contribution in [1.82, 2.24) is 5.48 Å². The Hall–Kier alpha value is -1.59. The van der Waals surface area contributed by atoms with Crippen molar-refractivity contribution in [3.63, 3.8) is 0 Å². The Morgan fingerprint density at radius 1 is 1.33 bits per heavy atom. The van der Waals surface area contributed by atoms with Gasteiger partial charge in [-0.05, 0) is 24.3 Å². The van der Waals surface area contributed by atoms with Gasteiger partial charge in [0.1, 0.15) is 5.75 Å². The van der Waals surface area contributed by atoms with Crippen molar-refractivity contribution in [3.05, 3.63) is 29.8 Å². The van der Waals surface area contributed by atoms with Gasteiger partial charge in [-0.1, -0.05) is 0 Å². The molecule has 0 aromatic heterocycles. The van der Waals surface area contributed by atoms with E-state index < -0.39 is 0 Å². The molecule has 0 saturated carbocycles. The molecule has 0 saturated heterocycles. The molecule has 0 spiro atoms. The molecule has 0 heterocycles. The number of carbonyl (C=O) groups is 1. The topological polar surface area (TPSA) is 67.8 Å². The Bertz CT molecular complexity index is 310. The SMILES string of the molecule is COCCONC(=O)c1ccc(O)cc1. The fraction of sp³-hybridized carbons (Fsp3) is 0.300. The predicted octanol–water partition coefficient (Wildman–Crippen LogP) is 0.700. The van der Waals surface area contributed by atoms with Crippen LogP contribution in [0.4, 0.5) is 0 Å². The van der Waals surface area contributed by atoms with Crippen molar-refractivity contribution in [1.29, 1.82) is 0 Å². The summed E-state index contributed by atoms with van der Waals surface area (Å²) in [6.07, 6.45) is 0. The number of hydrogen-bond acceptors (Lipinski definition) is 4. The molecule has 0 aliphatic rings. The third-order valence-electron chi connectivity index (χ3n) is 1.68. The number of ether oxygens (including phenoxy) is 1. The fourth-order valence-corrected chi connectivity index (χ4v) is 0.913. The number of nitrogens with one attached hydrogen (secondary N) is 1. The molecule has 1 aromatic rings. The van der Waals surface area contributed by atoms with Crippen molar-refractivity contribution in [3.8, 4) is 5.75 Å². The van der Waals surface area contributed by atoms with Gasteiger partial charge in [0, 0.05) is 12.7 Å². The number of hydrogen-bond donors (Lipinski definition) is 2. The van der Waals surface area contributed by atoms with Crippen LogP contribution >= 0.6 is 0 Å². The molecule has 1 rings (SSSR count). The number of hydroxylamine groups is 1. The summed E-state index contributed by atoms with van der Waals surface area (Å²) in [6, 6.07) is 5.88. The van der Waals surface area contributed by atoms with Gasteiger partial charge in [0.05, 0.1) is 13.2 Å². The molecule has 0 aliphatic heterocycles. The van der Waals surface area contributed by atoms with Gasteiger partial charge >= 0.3 is 0 Å². The van der Waals surface area contributed by atoms with Gasteiger partial charge in [-0.3, -0.25) is 9.63 Å². The maximum Gasteiger partial charge on any atom is 0.274 e. The Kier molecular flexibility index (Phi) is 4.59. The van der Waals surface area contributed by atoms with E-state index in [1.165, 1.54) is 24.3 Å². The van der Waals surface area contributed by atoms with Crippen LogP contribution in [0.15, 0.2) is 24.3 Å². The highest BCUT2D eigenvalue weighted by molar-refractivity contribution is 5.93. The number of amides is 1. The third kappa shape index (κ3) is 3.97. The third-order valence-corrected chi connectivity index (χ3v) is 1.68. The monoisotopic (exact) mass is 211 g/mol. The average molecular weight is 211 g/mol. The summed E-state index contributed by atoms with van der Waals surface area (Å²) in [5.41, 5.74) is 2.67. The number of aromatic hydroxyl groups is 1. The van der Waals surface area contributed by atoms with Crippen LogP contribution in [0.2, 0.25) is 0 Å². The van der Waals surface area contributed by atoms with Gasteiger partial charge in [-0.25, -0.2) is 5.48 Å². The highest BCUT2D eigenvalue weighted by Gasteiger charge is 2.04. The highest BCUT2D eigenvalue weighted by Crippen LogP contribution is 2.09. The molecule has 0 unspecified atom stereocenters. The van der Waals surface area contributed by atoms with Crippen LogP contribution in [0, 0.1) is 0 Å². The van der Waals surface area contributed by atoms with Crippen molar-refractivity contribution < 1.29 is 19.5 Å². The van der Waals surface area contributed by atoms with E-state index in [4.69, 9.17) is 14.7 Å². The second kappa shape index (κ2) is 6.00. The summed E-state index contributed by atoms with van der Waals surface area (Å²) in [4.78, 5) is 16.2. The summed E-state index contributed by atoms with van der Waals surface area (Å²) in [7, 11) is 1.55. The standard InChI is InChI=1S/C10H13NO4/c1-14-6-7-15-11-10(13)8-2-4-9(12)5-3-8/h2-5,12H,6-7H2,1H3,(H,11,13). The molecule has 82 valence electrons. The Morgan fingerprint density at radius 3 is 2.60 bits per heavy atom. The van der Waals surface area contributed by atoms with E-state index in [1.807, 2.05) is 0 Å². The molecule has 1 amide bonds. The number of phenols is 1. The first-order valence-corrected chi connectivity index (χ1v) is 4.44. The largest absolute Gasteiger partial charge is 0.508 e. The van der Waals surface area contributed by atoms with Crippen LogP contribution in [0.3, 0.4) is 0 Å². The van der Waals surface area contributed by atoms with E-state index in [1.54, 1.807) is 7.11 Å². The van der Waals surface area contributed by atoms with Crippen molar-refractivity contribution in [2.75, 3.05) is 20.3 Å². The summed E-state index contributed by atoms with van der Waals surface area (Å²) >= 11 is 0. The Balaban J connectivity index is 2.37. The second-order valence-electron chi connectivity index (χ2n) is 2.82. The molecule has 0 aliphatic carbocycles. The van der Waals surface area contributed by atoms with Crippen LogP contribution in [0.1, 0.15) is 10.4 Å². The molecule has 1 aromatic carbocycles. The first-order chi connectivity index (χ1) is 7.24. The molecule has 0 bridgehead atoms. The normalized spacial score (nSPS) is 9.93. The summed E-state index contributed by atoms with van der Waals surface area (Å²) in [5.74, 6) is -0.238. The molecule has 5 heteroatoms. The van der Waals surface area contributed by atoms with E-state index in [-0.39, 0.29) is 11.7 Å². The Morgan fingerprint density at radius 2 is 2.00 bits per heavy atom. The minimum atomic E-state index is -0.355. The van der Waals surface area contributed by atoms with Gasteiger partial charge < -0.3 is 9.84 Å². The van der Waals surface area contributed by atoms with Crippen molar-refractivity contribution in [2.24, 2.45) is 0 Å². The van der Waals surface area contributed by atoms with Gasteiger partial charge in [0.25, 0.3) is 5.91 Å². The van der Waals surface area contributed by atoms with Crippen LogP contribution in [-0.2, 0) is 9.57 Å². The van der Waals surface area contributed by atoms with E-state index in [2.05, 4.69) is 5.48 Å². The number of carbonyl (C=O) groups excluding carboxylic acids is 1. The lowest BCUT2D eigenvalue weighted by atomic mass is 10.2. The summed E-state index contributed by atoms with van der Waals surface area (Å²) in [5, 5.41) is 9.01. The number of methoxy groups -OCH3 is 1. The summed E-state index contributed by atoms with van der Waals surface area (Å²) < 4.78 is 4.74. The van der Waals surface area contributed by atoms with E-state index in [0.717, 1.165) is 0 Å². The van der Waals surface area contributed by atoms with Gasteiger partial charge in [0.15, 0.2) is 0 Å². The molecule has 15 heavy (non-hydrogen) atoms. The number of rotatable bonds is 5. The Labute approximate surface area is 87.6 Å². The molecule has 0 fully saturated rings. The lowest BCUT2D eigenvalue weighted by Gasteiger charge is -2.05. The lowest BCUT2D eigenvalue weighted by molar-refractivity contribution is 0.00889. The zero-order valence-corrected chi connectivity index (χ0v) is 8.40. The van der Waals surface area contributed by atoms with Gasteiger partial charge in [-0.2, -0.15) is 0 Å². The van der Waals surface area contributed by atoms with Crippen LogP contribution < -0.4 is 5.48 Å². The van der Waals surface area contributed by atoms with Gasteiger partial charge in [0.2, 0.25) is 0 Å². The zero-order valence-electron chi connectivity index (χ0n) is 8.40. The molecule has 0 atom stereocenters. The maximum absolute atomic E-state index is 11.4. The number of phenolic OH excluding ortho intramolecular Hbond substituents is 1. The fourth-order valence-electron chi connectivity index (χ4n) is 0.913. The minimum absolute atomic E-state index is 0.117. The van der Waals surface area contributed by atoms with E-state index >= 15 is 0 Å². The maximum atomic E-state index is 11.4.